The van der Waals surface area contributed by atoms with Crippen LogP contribution in [0.1, 0.15) is 22.3 Å². The second kappa shape index (κ2) is 7.84. The van der Waals surface area contributed by atoms with E-state index in [0.29, 0.717) is 10.8 Å². The van der Waals surface area contributed by atoms with Gasteiger partial charge in [-0.1, -0.05) is 23.5 Å². The smallest absolute Gasteiger partial charge is 0.267 e. The van der Waals surface area contributed by atoms with Crippen molar-refractivity contribution in [1.82, 2.24) is 14.8 Å². The molecule has 1 amide bonds. The van der Waals surface area contributed by atoms with Crippen molar-refractivity contribution in [2.24, 2.45) is 0 Å². The summed E-state index contributed by atoms with van der Waals surface area (Å²) in [4.78, 5) is 29.3. The van der Waals surface area contributed by atoms with Crippen LogP contribution in [-0.4, -0.2) is 20.7 Å². The number of fused-ring (bicyclic) bond motifs is 1. The highest BCUT2D eigenvalue weighted by molar-refractivity contribution is 7.22. The Morgan fingerprint density at radius 2 is 1.77 bits per heavy atom. The van der Waals surface area contributed by atoms with E-state index >= 15 is 0 Å². The number of carbonyl (C=O) groups is 1. The van der Waals surface area contributed by atoms with Crippen LogP contribution >= 0.6 is 11.3 Å². The van der Waals surface area contributed by atoms with E-state index in [1.54, 1.807) is 6.07 Å². The summed E-state index contributed by atoms with van der Waals surface area (Å²) in [6.07, 6.45) is 0. The van der Waals surface area contributed by atoms with Gasteiger partial charge in [0, 0.05) is 11.6 Å². The third-order valence-electron chi connectivity index (χ3n) is 5.07. The standard InChI is InChI=1S/C23H22N4O2S/c1-13-5-6-19-20(9-13)30-23(24-19)25-21(28)12-27-22(29)8-7-18(26-27)17-11-15(3)14(2)10-16(17)4/h5-11H,12H2,1-4H3,(H,24,25,28). The zero-order chi connectivity index (χ0) is 21.4. The lowest BCUT2D eigenvalue weighted by molar-refractivity contribution is -0.117. The second-order valence-electron chi connectivity index (χ2n) is 7.50. The molecule has 0 aliphatic heterocycles. The van der Waals surface area contributed by atoms with Crippen LogP contribution in [0.15, 0.2) is 47.3 Å². The zero-order valence-electron chi connectivity index (χ0n) is 17.3. The van der Waals surface area contributed by atoms with Crippen LogP contribution in [0.25, 0.3) is 21.5 Å². The quantitative estimate of drug-likeness (QED) is 0.533. The molecule has 2 heterocycles. The van der Waals surface area contributed by atoms with E-state index in [4.69, 9.17) is 0 Å². The molecule has 0 bridgehead atoms. The normalized spacial score (nSPS) is 11.1. The van der Waals surface area contributed by atoms with Crippen molar-refractivity contribution in [3.05, 3.63) is 75.1 Å². The first-order valence-corrected chi connectivity index (χ1v) is 10.5. The molecule has 0 atom stereocenters. The molecule has 0 saturated heterocycles. The maximum Gasteiger partial charge on any atom is 0.267 e. The summed E-state index contributed by atoms with van der Waals surface area (Å²) in [5, 5.41) is 7.73. The number of carbonyl (C=O) groups excluding carboxylic acids is 1. The molecule has 30 heavy (non-hydrogen) atoms. The highest BCUT2D eigenvalue weighted by Crippen LogP contribution is 2.27. The SMILES string of the molecule is Cc1ccc2nc(NC(=O)Cn3nc(-c4cc(C)c(C)cc4C)ccc3=O)sc2c1. The first-order chi connectivity index (χ1) is 14.3. The molecule has 7 heteroatoms. The minimum absolute atomic E-state index is 0.175. The number of anilines is 1. The lowest BCUT2D eigenvalue weighted by Crippen LogP contribution is -2.29. The summed E-state index contributed by atoms with van der Waals surface area (Å²) in [6.45, 7) is 7.96. The number of aryl methyl sites for hydroxylation is 4. The zero-order valence-corrected chi connectivity index (χ0v) is 18.1. The van der Waals surface area contributed by atoms with E-state index < -0.39 is 0 Å². The number of aromatic nitrogens is 3. The monoisotopic (exact) mass is 418 g/mol. The molecule has 4 rings (SSSR count). The summed E-state index contributed by atoms with van der Waals surface area (Å²) in [6, 6.07) is 13.3. The van der Waals surface area contributed by atoms with Crippen LogP contribution < -0.4 is 10.9 Å². The summed E-state index contributed by atoms with van der Waals surface area (Å²) >= 11 is 1.41. The van der Waals surface area contributed by atoms with Gasteiger partial charge in [-0.05, 0) is 74.2 Å². The van der Waals surface area contributed by atoms with Crippen LogP contribution in [0.4, 0.5) is 5.13 Å². The average Bonchev–Trinajstić information content (AvgIpc) is 3.07. The van der Waals surface area contributed by atoms with Gasteiger partial charge in [-0.15, -0.1) is 0 Å². The summed E-state index contributed by atoms with van der Waals surface area (Å²) in [5.74, 6) is -0.339. The van der Waals surface area contributed by atoms with Crippen molar-refractivity contribution in [3.63, 3.8) is 0 Å². The molecule has 152 valence electrons. The minimum Gasteiger partial charge on any atom is -0.300 e. The van der Waals surface area contributed by atoms with Crippen LogP contribution in [0.5, 0.6) is 0 Å². The third kappa shape index (κ3) is 4.02. The molecule has 0 fully saturated rings. The Balaban J connectivity index is 1.58. The van der Waals surface area contributed by atoms with Gasteiger partial charge in [-0.25, -0.2) is 9.67 Å². The molecule has 4 aromatic rings. The van der Waals surface area contributed by atoms with Gasteiger partial charge in [0.15, 0.2) is 5.13 Å². The topological polar surface area (TPSA) is 76.9 Å². The van der Waals surface area contributed by atoms with E-state index in [0.717, 1.165) is 32.5 Å². The number of benzene rings is 2. The molecule has 1 N–H and O–H groups in total. The van der Waals surface area contributed by atoms with Gasteiger partial charge >= 0.3 is 0 Å². The average molecular weight is 419 g/mol. The largest absolute Gasteiger partial charge is 0.300 e. The molecule has 2 aromatic carbocycles. The molecule has 0 aliphatic rings. The van der Waals surface area contributed by atoms with Crippen LogP contribution in [0, 0.1) is 27.7 Å². The Hall–Kier alpha value is -3.32. The minimum atomic E-state index is -0.339. The Labute approximate surface area is 178 Å². The predicted octanol–water partition coefficient (Wildman–Crippen LogP) is 4.39. The summed E-state index contributed by atoms with van der Waals surface area (Å²) < 4.78 is 2.20. The van der Waals surface area contributed by atoms with Gasteiger partial charge < -0.3 is 5.32 Å². The molecular weight excluding hydrogens is 396 g/mol. The number of amides is 1. The van der Waals surface area contributed by atoms with Crippen LogP contribution in [0.2, 0.25) is 0 Å². The van der Waals surface area contributed by atoms with Crippen molar-refractivity contribution in [2.75, 3.05) is 5.32 Å². The molecule has 0 unspecified atom stereocenters. The number of nitrogens with one attached hydrogen (secondary N) is 1. The fraction of sp³-hybridized carbons (Fsp3) is 0.217. The van der Waals surface area contributed by atoms with Gasteiger partial charge in [0.25, 0.3) is 5.56 Å². The number of thiazole rings is 1. The Kier molecular flexibility index (Phi) is 5.22. The van der Waals surface area contributed by atoms with Crippen molar-refractivity contribution in [1.29, 1.82) is 0 Å². The number of hydrogen-bond acceptors (Lipinski definition) is 5. The maximum absolute atomic E-state index is 12.5. The van der Waals surface area contributed by atoms with Crippen molar-refractivity contribution >= 4 is 32.6 Å². The van der Waals surface area contributed by atoms with Crippen LogP contribution in [0.3, 0.4) is 0 Å². The molecule has 2 aromatic heterocycles. The van der Waals surface area contributed by atoms with Crippen molar-refractivity contribution < 1.29 is 4.79 Å². The van der Waals surface area contributed by atoms with E-state index in [9.17, 15) is 9.59 Å². The Morgan fingerprint density at radius 3 is 2.57 bits per heavy atom. The fourth-order valence-corrected chi connectivity index (χ4v) is 4.30. The van der Waals surface area contributed by atoms with Gasteiger partial charge in [0.1, 0.15) is 6.54 Å². The fourth-order valence-electron chi connectivity index (χ4n) is 3.32. The van der Waals surface area contributed by atoms with E-state index in [-0.39, 0.29) is 18.0 Å². The second-order valence-corrected chi connectivity index (χ2v) is 8.53. The first kappa shape index (κ1) is 20.0. The number of rotatable bonds is 4. The van der Waals surface area contributed by atoms with Gasteiger partial charge in [0.2, 0.25) is 5.91 Å². The van der Waals surface area contributed by atoms with E-state index in [2.05, 4.69) is 34.5 Å². The summed E-state index contributed by atoms with van der Waals surface area (Å²) in [5.41, 5.74) is 6.70. The van der Waals surface area contributed by atoms with E-state index in [1.165, 1.54) is 27.6 Å². The van der Waals surface area contributed by atoms with Gasteiger partial charge in [-0.2, -0.15) is 5.10 Å². The molecule has 0 spiro atoms. The van der Waals surface area contributed by atoms with Gasteiger partial charge in [0.05, 0.1) is 15.9 Å². The highest BCUT2D eigenvalue weighted by Gasteiger charge is 2.12. The molecule has 0 saturated carbocycles. The summed E-state index contributed by atoms with van der Waals surface area (Å²) in [7, 11) is 0. The predicted molar refractivity (Wildman–Crippen MR) is 121 cm³/mol. The number of hydrogen-bond donors (Lipinski definition) is 1. The van der Waals surface area contributed by atoms with Gasteiger partial charge in [-0.3, -0.25) is 9.59 Å². The Bertz CT molecular complexity index is 1340. The molecule has 6 nitrogen and oxygen atoms in total. The molecule has 0 radical (unpaired) electrons. The van der Waals surface area contributed by atoms with Crippen molar-refractivity contribution in [3.8, 4) is 11.3 Å². The lowest BCUT2D eigenvalue weighted by atomic mass is 9.99. The van der Waals surface area contributed by atoms with Crippen molar-refractivity contribution in [2.45, 2.75) is 34.2 Å². The third-order valence-corrected chi connectivity index (χ3v) is 6.00. The Morgan fingerprint density at radius 1 is 1.00 bits per heavy atom. The first-order valence-electron chi connectivity index (χ1n) is 9.63. The number of nitrogens with zero attached hydrogens (tertiary/aromatic N) is 3. The maximum atomic E-state index is 12.5. The van der Waals surface area contributed by atoms with Crippen LogP contribution in [-0.2, 0) is 11.3 Å². The van der Waals surface area contributed by atoms with E-state index in [1.807, 2.05) is 39.0 Å². The lowest BCUT2D eigenvalue weighted by Gasteiger charge is -2.11. The molecular formula is C23H22N4O2S. The molecule has 0 aliphatic carbocycles. The highest BCUT2D eigenvalue weighted by atomic mass is 32.1.